The fourth-order valence-corrected chi connectivity index (χ4v) is 2.94. The van der Waals surface area contributed by atoms with E-state index < -0.39 is 0 Å². The van der Waals surface area contributed by atoms with Gasteiger partial charge < -0.3 is 25.0 Å². The molecule has 0 aromatic heterocycles. The highest BCUT2D eigenvalue weighted by Crippen LogP contribution is 2.39. The molecule has 5 heteroatoms. The van der Waals surface area contributed by atoms with Crippen molar-refractivity contribution in [3.05, 3.63) is 47.0 Å². The highest BCUT2D eigenvalue weighted by Gasteiger charge is 2.24. The number of aromatic hydroxyl groups is 2. The predicted molar refractivity (Wildman–Crippen MR) is 82.9 cm³/mol. The first kappa shape index (κ1) is 14.5. The van der Waals surface area contributed by atoms with E-state index in [4.69, 9.17) is 9.47 Å². The number of hydrogen-bond acceptors (Lipinski definition) is 5. The van der Waals surface area contributed by atoms with Gasteiger partial charge in [0.05, 0.1) is 14.2 Å². The molecule has 1 unspecified atom stereocenters. The van der Waals surface area contributed by atoms with E-state index in [9.17, 15) is 10.2 Å². The standard InChI is InChI=1S/C17H19NO4/c1-21-16-6-10(3-4-14(16)19)13-9-18-8-11-5-15(20)17(22-2)7-12(11)13/h3-7,13,18-20H,8-9H2,1-2H3. The Morgan fingerprint density at radius 2 is 1.73 bits per heavy atom. The number of hydrogen-bond donors (Lipinski definition) is 3. The van der Waals surface area contributed by atoms with Gasteiger partial charge in [-0.2, -0.15) is 0 Å². The van der Waals surface area contributed by atoms with Gasteiger partial charge in [-0.15, -0.1) is 0 Å². The SMILES string of the molecule is COc1cc(C2CNCc3cc(O)c(OC)cc32)ccc1O. The molecule has 0 spiro atoms. The lowest BCUT2D eigenvalue weighted by molar-refractivity contribution is 0.370. The van der Waals surface area contributed by atoms with Crippen molar-refractivity contribution in [2.45, 2.75) is 12.5 Å². The van der Waals surface area contributed by atoms with E-state index in [-0.39, 0.29) is 17.4 Å². The summed E-state index contributed by atoms with van der Waals surface area (Å²) >= 11 is 0. The quantitative estimate of drug-likeness (QED) is 0.812. The maximum atomic E-state index is 9.94. The Morgan fingerprint density at radius 3 is 2.45 bits per heavy atom. The van der Waals surface area contributed by atoms with Crippen LogP contribution >= 0.6 is 0 Å². The Hall–Kier alpha value is -2.40. The third kappa shape index (κ3) is 2.44. The fourth-order valence-electron chi connectivity index (χ4n) is 2.94. The van der Waals surface area contributed by atoms with Gasteiger partial charge in [0.15, 0.2) is 23.0 Å². The molecule has 2 aromatic carbocycles. The second kappa shape index (κ2) is 5.77. The van der Waals surface area contributed by atoms with Gasteiger partial charge in [0.2, 0.25) is 0 Å². The van der Waals surface area contributed by atoms with Crippen molar-refractivity contribution < 1.29 is 19.7 Å². The van der Waals surface area contributed by atoms with E-state index in [1.807, 2.05) is 18.2 Å². The number of rotatable bonds is 3. The molecule has 0 saturated carbocycles. The van der Waals surface area contributed by atoms with Crippen LogP contribution in [0.1, 0.15) is 22.6 Å². The molecule has 116 valence electrons. The number of phenolic OH excluding ortho intramolecular Hbond substituents is 2. The summed E-state index contributed by atoms with van der Waals surface area (Å²) in [6.45, 7) is 1.48. The van der Waals surface area contributed by atoms with Crippen molar-refractivity contribution >= 4 is 0 Å². The first-order valence-electron chi connectivity index (χ1n) is 7.11. The molecule has 5 nitrogen and oxygen atoms in total. The summed E-state index contributed by atoms with van der Waals surface area (Å²) in [5.74, 6) is 1.30. The third-order valence-electron chi connectivity index (χ3n) is 4.09. The third-order valence-corrected chi connectivity index (χ3v) is 4.09. The topological polar surface area (TPSA) is 71.0 Å². The first-order valence-corrected chi connectivity index (χ1v) is 7.11. The van der Waals surface area contributed by atoms with Gasteiger partial charge in [-0.25, -0.2) is 0 Å². The second-order valence-electron chi connectivity index (χ2n) is 5.34. The Bertz CT molecular complexity index is 699. The first-order chi connectivity index (χ1) is 10.6. The van der Waals surface area contributed by atoms with E-state index >= 15 is 0 Å². The molecule has 3 N–H and O–H groups in total. The van der Waals surface area contributed by atoms with E-state index in [1.165, 1.54) is 7.11 Å². The zero-order valence-electron chi connectivity index (χ0n) is 12.6. The Balaban J connectivity index is 2.08. The Labute approximate surface area is 129 Å². The molecule has 0 saturated heterocycles. The molecule has 3 rings (SSSR count). The van der Waals surface area contributed by atoms with Crippen LogP contribution in [0.4, 0.5) is 0 Å². The van der Waals surface area contributed by atoms with Crippen molar-refractivity contribution in [3.8, 4) is 23.0 Å². The lowest BCUT2D eigenvalue weighted by Gasteiger charge is -2.28. The Morgan fingerprint density at radius 1 is 1.00 bits per heavy atom. The van der Waals surface area contributed by atoms with Crippen LogP contribution in [0.15, 0.2) is 30.3 Å². The van der Waals surface area contributed by atoms with E-state index in [1.54, 1.807) is 19.2 Å². The molecule has 1 aliphatic rings. The minimum atomic E-state index is 0.104. The molecule has 0 amide bonds. The molecular formula is C17H19NO4. The largest absolute Gasteiger partial charge is 0.504 e. The zero-order chi connectivity index (χ0) is 15.7. The molecule has 0 bridgehead atoms. The lowest BCUT2D eigenvalue weighted by atomic mass is 9.85. The maximum Gasteiger partial charge on any atom is 0.160 e. The number of nitrogens with one attached hydrogen (secondary N) is 1. The number of benzene rings is 2. The van der Waals surface area contributed by atoms with Gasteiger partial charge in [-0.3, -0.25) is 0 Å². The molecule has 1 heterocycles. The van der Waals surface area contributed by atoms with Gasteiger partial charge in [0.1, 0.15) is 0 Å². The summed E-state index contributed by atoms with van der Waals surface area (Å²) in [5.41, 5.74) is 3.19. The number of ether oxygens (including phenoxy) is 2. The average Bonchev–Trinajstić information content (AvgIpc) is 2.54. The van der Waals surface area contributed by atoms with Crippen molar-refractivity contribution in [2.75, 3.05) is 20.8 Å². The smallest absolute Gasteiger partial charge is 0.160 e. The lowest BCUT2D eigenvalue weighted by Crippen LogP contribution is -2.28. The normalized spacial score (nSPS) is 16.9. The molecular weight excluding hydrogens is 282 g/mol. The predicted octanol–water partition coefficient (Wildman–Crippen LogP) is 2.35. The molecule has 22 heavy (non-hydrogen) atoms. The minimum Gasteiger partial charge on any atom is -0.504 e. The maximum absolute atomic E-state index is 9.94. The van der Waals surface area contributed by atoms with Crippen molar-refractivity contribution in [3.63, 3.8) is 0 Å². The number of methoxy groups -OCH3 is 2. The summed E-state index contributed by atoms with van der Waals surface area (Å²) in [4.78, 5) is 0. The molecule has 0 radical (unpaired) electrons. The number of fused-ring (bicyclic) bond motifs is 1. The Kier molecular flexibility index (Phi) is 3.81. The van der Waals surface area contributed by atoms with Gasteiger partial charge >= 0.3 is 0 Å². The summed E-state index contributed by atoms with van der Waals surface area (Å²) < 4.78 is 10.4. The average molecular weight is 301 g/mol. The van der Waals surface area contributed by atoms with Gasteiger partial charge in [0, 0.05) is 19.0 Å². The van der Waals surface area contributed by atoms with E-state index in [0.29, 0.717) is 18.0 Å². The van der Waals surface area contributed by atoms with Crippen LogP contribution < -0.4 is 14.8 Å². The van der Waals surface area contributed by atoms with Gasteiger partial charge in [-0.05, 0) is 41.0 Å². The van der Waals surface area contributed by atoms with Gasteiger partial charge in [0.25, 0.3) is 0 Å². The molecule has 2 aromatic rings. The summed E-state index contributed by atoms with van der Waals surface area (Å²) in [6, 6.07) is 9.00. The van der Waals surface area contributed by atoms with Crippen LogP contribution in [0.25, 0.3) is 0 Å². The molecule has 1 atom stereocenters. The monoisotopic (exact) mass is 301 g/mol. The molecule has 0 aliphatic carbocycles. The highest BCUT2D eigenvalue weighted by molar-refractivity contribution is 5.53. The number of phenols is 2. The van der Waals surface area contributed by atoms with Crippen LogP contribution in [0, 0.1) is 0 Å². The van der Waals surface area contributed by atoms with Crippen molar-refractivity contribution in [1.29, 1.82) is 0 Å². The van der Waals surface area contributed by atoms with E-state index in [2.05, 4.69) is 5.32 Å². The second-order valence-corrected chi connectivity index (χ2v) is 5.34. The fraction of sp³-hybridized carbons (Fsp3) is 0.294. The van der Waals surface area contributed by atoms with Crippen LogP contribution in [0.5, 0.6) is 23.0 Å². The van der Waals surface area contributed by atoms with Crippen LogP contribution in [-0.4, -0.2) is 31.0 Å². The van der Waals surface area contributed by atoms with Crippen LogP contribution in [-0.2, 0) is 6.54 Å². The van der Waals surface area contributed by atoms with E-state index in [0.717, 1.165) is 23.2 Å². The molecule has 0 fully saturated rings. The van der Waals surface area contributed by atoms with Crippen LogP contribution in [0.3, 0.4) is 0 Å². The van der Waals surface area contributed by atoms with Crippen molar-refractivity contribution in [2.24, 2.45) is 0 Å². The van der Waals surface area contributed by atoms with Gasteiger partial charge in [-0.1, -0.05) is 6.07 Å². The van der Waals surface area contributed by atoms with Crippen molar-refractivity contribution in [1.82, 2.24) is 5.32 Å². The zero-order valence-corrected chi connectivity index (χ0v) is 12.6. The molecule has 1 aliphatic heterocycles. The minimum absolute atomic E-state index is 0.104. The summed E-state index contributed by atoms with van der Waals surface area (Å²) in [6.07, 6.45) is 0. The summed E-state index contributed by atoms with van der Waals surface area (Å²) in [7, 11) is 3.08. The van der Waals surface area contributed by atoms with Crippen LogP contribution in [0.2, 0.25) is 0 Å². The summed E-state index contributed by atoms with van der Waals surface area (Å²) in [5, 5.41) is 23.0. The highest BCUT2D eigenvalue weighted by atomic mass is 16.5.